The summed E-state index contributed by atoms with van der Waals surface area (Å²) in [5.41, 5.74) is 1.86. The minimum atomic E-state index is -0.110. The lowest BCUT2D eigenvalue weighted by Gasteiger charge is -2.37. The van der Waals surface area contributed by atoms with E-state index < -0.39 is 0 Å². The van der Waals surface area contributed by atoms with Gasteiger partial charge in [-0.2, -0.15) is 0 Å². The van der Waals surface area contributed by atoms with Crippen LogP contribution in [0.4, 0.5) is 15.9 Å². The Hall–Kier alpha value is -1.62. The standard InChI is InChI=1S/C19H21BrFN3/c20-13-4-6-17(18(21)10-13)12-8-16(9-12)23-15-5-7-19(22-11-15)24-14-2-1-3-14/h4-7,10-12,14,16,23H,1-3,8-9H2,(H,22,24). The number of hydrogen-bond donors (Lipinski definition) is 2. The van der Waals surface area contributed by atoms with Crippen LogP contribution in [0.5, 0.6) is 0 Å². The number of aromatic nitrogens is 1. The van der Waals surface area contributed by atoms with Crippen molar-refractivity contribution in [3.05, 3.63) is 52.4 Å². The smallest absolute Gasteiger partial charge is 0.127 e. The van der Waals surface area contributed by atoms with Crippen LogP contribution in [-0.2, 0) is 0 Å². The van der Waals surface area contributed by atoms with Crippen molar-refractivity contribution in [3.8, 4) is 0 Å². The predicted octanol–water partition coefficient (Wildman–Crippen LogP) is 5.31. The highest BCUT2D eigenvalue weighted by molar-refractivity contribution is 9.10. The van der Waals surface area contributed by atoms with Crippen molar-refractivity contribution in [2.75, 3.05) is 10.6 Å². The van der Waals surface area contributed by atoms with E-state index in [9.17, 15) is 4.39 Å². The summed E-state index contributed by atoms with van der Waals surface area (Å²) in [6.07, 6.45) is 7.62. The van der Waals surface area contributed by atoms with Crippen LogP contribution >= 0.6 is 15.9 Å². The maximum absolute atomic E-state index is 14.0. The molecule has 2 aliphatic carbocycles. The first-order chi connectivity index (χ1) is 11.7. The molecule has 2 aromatic rings. The molecule has 0 unspecified atom stereocenters. The molecule has 0 radical (unpaired) electrons. The lowest BCUT2D eigenvalue weighted by molar-refractivity contribution is 0.363. The van der Waals surface area contributed by atoms with Gasteiger partial charge in [-0.05, 0) is 67.9 Å². The van der Waals surface area contributed by atoms with Gasteiger partial charge in [0.2, 0.25) is 0 Å². The van der Waals surface area contributed by atoms with E-state index in [4.69, 9.17) is 0 Å². The zero-order valence-corrected chi connectivity index (χ0v) is 15.0. The fourth-order valence-corrected chi connectivity index (χ4v) is 3.72. The van der Waals surface area contributed by atoms with Gasteiger partial charge < -0.3 is 10.6 Å². The molecule has 2 fully saturated rings. The number of anilines is 2. The molecule has 3 nitrogen and oxygen atoms in total. The van der Waals surface area contributed by atoms with E-state index in [2.05, 4.69) is 37.6 Å². The number of benzene rings is 1. The maximum atomic E-state index is 14.0. The van der Waals surface area contributed by atoms with Crippen LogP contribution < -0.4 is 10.6 Å². The highest BCUT2D eigenvalue weighted by atomic mass is 79.9. The van der Waals surface area contributed by atoms with E-state index in [0.717, 1.165) is 34.4 Å². The Labute approximate surface area is 150 Å². The Kier molecular flexibility index (Phi) is 4.44. The third kappa shape index (κ3) is 3.41. The molecule has 5 heteroatoms. The molecule has 0 saturated heterocycles. The summed E-state index contributed by atoms with van der Waals surface area (Å²) >= 11 is 3.31. The van der Waals surface area contributed by atoms with Gasteiger partial charge in [0.15, 0.2) is 0 Å². The third-order valence-electron chi connectivity index (χ3n) is 5.13. The molecular formula is C19H21BrFN3. The first-order valence-electron chi connectivity index (χ1n) is 8.61. The molecule has 2 saturated carbocycles. The van der Waals surface area contributed by atoms with Crippen LogP contribution in [-0.4, -0.2) is 17.1 Å². The number of pyridine rings is 1. The minimum absolute atomic E-state index is 0.110. The summed E-state index contributed by atoms with van der Waals surface area (Å²) in [4.78, 5) is 4.47. The fourth-order valence-electron chi connectivity index (χ4n) is 3.38. The lowest BCUT2D eigenvalue weighted by Crippen LogP contribution is -2.34. The molecule has 1 heterocycles. The van der Waals surface area contributed by atoms with Crippen molar-refractivity contribution in [1.82, 2.24) is 4.98 Å². The first kappa shape index (κ1) is 15.9. The van der Waals surface area contributed by atoms with E-state index in [1.165, 1.54) is 19.3 Å². The summed E-state index contributed by atoms with van der Waals surface area (Å²) in [5.74, 6) is 1.15. The van der Waals surface area contributed by atoms with Crippen molar-refractivity contribution in [3.63, 3.8) is 0 Å². The molecule has 2 N–H and O–H groups in total. The molecule has 126 valence electrons. The van der Waals surface area contributed by atoms with Gasteiger partial charge in [-0.25, -0.2) is 9.37 Å². The normalized spacial score (nSPS) is 23.2. The Bertz CT molecular complexity index is 709. The van der Waals surface area contributed by atoms with Crippen molar-refractivity contribution >= 4 is 27.4 Å². The average molecular weight is 390 g/mol. The first-order valence-corrected chi connectivity index (χ1v) is 9.41. The van der Waals surface area contributed by atoms with E-state index in [-0.39, 0.29) is 5.82 Å². The molecule has 24 heavy (non-hydrogen) atoms. The molecular weight excluding hydrogens is 369 g/mol. The predicted molar refractivity (Wildman–Crippen MR) is 99.0 cm³/mol. The maximum Gasteiger partial charge on any atom is 0.127 e. The Morgan fingerprint density at radius 1 is 1.04 bits per heavy atom. The second-order valence-corrected chi connectivity index (χ2v) is 7.80. The molecule has 0 amide bonds. The van der Waals surface area contributed by atoms with Crippen LogP contribution in [0.15, 0.2) is 41.0 Å². The number of nitrogens with zero attached hydrogens (tertiary/aromatic N) is 1. The topological polar surface area (TPSA) is 37.0 Å². The van der Waals surface area contributed by atoms with Gasteiger partial charge in [0.1, 0.15) is 11.6 Å². The molecule has 1 aromatic heterocycles. The largest absolute Gasteiger partial charge is 0.381 e. The molecule has 2 aliphatic rings. The van der Waals surface area contributed by atoms with Crippen LogP contribution in [0.2, 0.25) is 0 Å². The van der Waals surface area contributed by atoms with Gasteiger partial charge in [0.05, 0.1) is 11.9 Å². The van der Waals surface area contributed by atoms with Crippen LogP contribution in [0.1, 0.15) is 43.6 Å². The van der Waals surface area contributed by atoms with Crippen molar-refractivity contribution < 1.29 is 4.39 Å². The summed E-state index contributed by atoms with van der Waals surface area (Å²) < 4.78 is 14.8. The van der Waals surface area contributed by atoms with Crippen molar-refractivity contribution in [2.24, 2.45) is 0 Å². The molecule has 0 bridgehead atoms. The van der Waals surface area contributed by atoms with Gasteiger partial charge in [-0.3, -0.25) is 0 Å². The second kappa shape index (κ2) is 6.71. The van der Waals surface area contributed by atoms with Gasteiger partial charge in [-0.15, -0.1) is 0 Å². The van der Waals surface area contributed by atoms with E-state index >= 15 is 0 Å². The number of nitrogens with one attached hydrogen (secondary N) is 2. The Morgan fingerprint density at radius 3 is 2.50 bits per heavy atom. The van der Waals surface area contributed by atoms with E-state index in [1.807, 2.05) is 24.4 Å². The molecule has 0 aliphatic heterocycles. The summed E-state index contributed by atoms with van der Waals surface area (Å²) in [5, 5.41) is 6.94. The van der Waals surface area contributed by atoms with Crippen LogP contribution in [0.3, 0.4) is 0 Å². The molecule has 0 atom stereocenters. The van der Waals surface area contributed by atoms with Gasteiger partial charge >= 0.3 is 0 Å². The van der Waals surface area contributed by atoms with E-state index in [1.54, 1.807) is 6.07 Å². The van der Waals surface area contributed by atoms with E-state index in [0.29, 0.717) is 18.0 Å². The highest BCUT2D eigenvalue weighted by Crippen LogP contribution is 2.40. The van der Waals surface area contributed by atoms with Crippen LogP contribution in [0.25, 0.3) is 0 Å². The van der Waals surface area contributed by atoms with Crippen molar-refractivity contribution in [2.45, 2.75) is 50.1 Å². The van der Waals surface area contributed by atoms with Crippen LogP contribution in [0, 0.1) is 5.82 Å². The van der Waals surface area contributed by atoms with Gasteiger partial charge in [0.25, 0.3) is 0 Å². The average Bonchev–Trinajstić information content (AvgIpc) is 2.49. The molecule has 0 spiro atoms. The lowest BCUT2D eigenvalue weighted by atomic mass is 9.75. The number of hydrogen-bond acceptors (Lipinski definition) is 3. The van der Waals surface area contributed by atoms with Crippen molar-refractivity contribution in [1.29, 1.82) is 0 Å². The Morgan fingerprint density at radius 2 is 1.88 bits per heavy atom. The minimum Gasteiger partial charge on any atom is -0.381 e. The Balaban J connectivity index is 1.29. The summed E-state index contributed by atoms with van der Waals surface area (Å²) in [7, 11) is 0. The molecule has 4 rings (SSSR count). The summed E-state index contributed by atoms with van der Waals surface area (Å²) in [6, 6.07) is 10.5. The monoisotopic (exact) mass is 389 g/mol. The summed E-state index contributed by atoms with van der Waals surface area (Å²) in [6.45, 7) is 0. The number of rotatable bonds is 5. The number of halogens is 2. The van der Waals surface area contributed by atoms with Gasteiger partial charge in [-0.1, -0.05) is 22.0 Å². The molecule has 1 aromatic carbocycles. The fraction of sp³-hybridized carbons (Fsp3) is 0.421. The van der Waals surface area contributed by atoms with Gasteiger partial charge in [0, 0.05) is 16.6 Å². The quantitative estimate of drug-likeness (QED) is 0.727. The zero-order chi connectivity index (χ0) is 16.5. The zero-order valence-electron chi connectivity index (χ0n) is 13.4. The SMILES string of the molecule is Fc1cc(Br)ccc1C1CC(Nc2ccc(NC3CCC3)nc2)C1. The second-order valence-electron chi connectivity index (χ2n) is 6.88. The third-order valence-corrected chi connectivity index (χ3v) is 5.63. The highest BCUT2D eigenvalue weighted by Gasteiger charge is 2.32.